The lowest BCUT2D eigenvalue weighted by molar-refractivity contribution is 0.584. The summed E-state index contributed by atoms with van der Waals surface area (Å²) in [6, 6.07) is 2.02. The molecule has 0 fully saturated rings. The predicted octanol–water partition coefficient (Wildman–Crippen LogP) is 2.66. The first-order chi connectivity index (χ1) is 8.76. The van der Waals surface area contributed by atoms with Crippen molar-refractivity contribution in [3.63, 3.8) is 0 Å². The first-order valence-corrected chi connectivity index (χ1v) is 7.53. The Labute approximate surface area is 114 Å². The lowest BCUT2D eigenvalue weighted by Crippen LogP contribution is -2.17. The van der Waals surface area contributed by atoms with Gasteiger partial charge in [0, 0.05) is 12.4 Å². The van der Waals surface area contributed by atoms with Gasteiger partial charge in [-0.25, -0.2) is 17.4 Å². The van der Waals surface area contributed by atoms with E-state index in [1.807, 2.05) is 33.8 Å². The number of hydrogen-bond acceptors (Lipinski definition) is 3. The zero-order valence-corrected chi connectivity index (χ0v) is 12.7. The molecule has 0 aliphatic carbocycles. The fourth-order valence-electron chi connectivity index (χ4n) is 2.29. The summed E-state index contributed by atoms with van der Waals surface area (Å²) >= 11 is 0. The van der Waals surface area contributed by atoms with Crippen molar-refractivity contribution in [3.05, 3.63) is 46.5 Å². The highest BCUT2D eigenvalue weighted by atomic mass is 32.2. The smallest absolute Gasteiger partial charge is 0.241 e. The normalized spacial score (nSPS) is 11.8. The Balaban J connectivity index is 2.83. The number of aryl methyl sites for hydroxylation is 3. The van der Waals surface area contributed by atoms with Crippen molar-refractivity contribution in [2.75, 3.05) is 0 Å². The molecule has 0 aliphatic heterocycles. The summed E-state index contributed by atoms with van der Waals surface area (Å²) in [5.41, 5.74) is 3.58. The summed E-state index contributed by atoms with van der Waals surface area (Å²) in [6.45, 7) is 9.25. The Morgan fingerprint density at radius 1 is 1.00 bits per heavy atom. The molecule has 0 saturated carbocycles. The Morgan fingerprint density at radius 2 is 1.53 bits per heavy atom. The molecule has 1 aromatic heterocycles. The highest BCUT2D eigenvalue weighted by molar-refractivity contribution is 7.90. The van der Waals surface area contributed by atoms with Crippen molar-refractivity contribution in [2.45, 2.75) is 39.5 Å². The monoisotopic (exact) mass is 278 g/mol. The van der Waals surface area contributed by atoms with E-state index < -0.39 is 10.0 Å². The maximum Gasteiger partial charge on any atom is 0.269 e. The second kappa shape index (κ2) is 4.49. The molecule has 0 amide bonds. The average Bonchev–Trinajstić information content (AvgIpc) is 2.73. The summed E-state index contributed by atoms with van der Waals surface area (Å²) < 4.78 is 26.8. The van der Waals surface area contributed by atoms with Gasteiger partial charge < -0.3 is 0 Å². The van der Waals surface area contributed by atoms with Crippen LogP contribution in [0.25, 0.3) is 0 Å². The molecule has 5 heteroatoms. The first kappa shape index (κ1) is 13.8. The van der Waals surface area contributed by atoms with Gasteiger partial charge in [0.05, 0.1) is 4.90 Å². The average molecular weight is 278 g/mol. The molecule has 0 spiro atoms. The molecule has 19 heavy (non-hydrogen) atoms. The van der Waals surface area contributed by atoms with Gasteiger partial charge in [0.2, 0.25) is 0 Å². The molecule has 0 atom stereocenters. The van der Waals surface area contributed by atoms with Gasteiger partial charge >= 0.3 is 0 Å². The number of nitrogens with zero attached hydrogens (tertiary/aromatic N) is 2. The minimum atomic E-state index is -3.58. The van der Waals surface area contributed by atoms with E-state index in [0.29, 0.717) is 10.7 Å². The van der Waals surface area contributed by atoms with Gasteiger partial charge in [0.1, 0.15) is 5.82 Å². The zero-order valence-electron chi connectivity index (χ0n) is 11.9. The minimum Gasteiger partial charge on any atom is -0.241 e. The molecule has 0 aliphatic rings. The summed E-state index contributed by atoms with van der Waals surface area (Å²) in [5.74, 6) is 0.470. The highest BCUT2D eigenvalue weighted by Crippen LogP contribution is 2.28. The molecule has 102 valence electrons. The van der Waals surface area contributed by atoms with Crippen molar-refractivity contribution in [1.29, 1.82) is 0 Å². The van der Waals surface area contributed by atoms with Crippen LogP contribution in [0.2, 0.25) is 0 Å². The van der Waals surface area contributed by atoms with Gasteiger partial charge in [-0.05, 0) is 56.9 Å². The molecular weight excluding hydrogens is 260 g/mol. The predicted molar refractivity (Wildman–Crippen MR) is 74.9 cm³/mol. The maximum absolute atomic E-state index is 12.8. The SMILES string of the molecule is Cc1cc(C)c(C)c(S(=O)(=O)n2ccnc2C)c1C. The minimum absolute atomic E-state index is 0.395. The number of hydrogen-bond donors (Lipinski definition) is 0. The lowest BCUT2D eigenvalue weighted by atomic mass is 10.0. The van der Waals surface area contributed by atoms with Crippen LogP contribution in [0, 0.1) is 34.6 Å². The van der Waals surface area contributed by atoms with Crippen LogP contribution in [-0.2, 0) is 10.0 Å². The van der Waals surface area contributed by atoms with Gasteiger partial charge in [0.15, 0.2) is 0 Å². The van der Waals surface area contributed by atoms with Crippen LogP contribution in [0.1, 0.15) is 28.1 Å². The van der Waals surface area contributed by atoms with Crippen LogP contribution in [0.4, 0.5) is 0 Å². The van der Waals surface area contributed by atoms with E-state index in [-0.39, 0.29) is 0 Å². The third-order valence-electron chi connectivity index (χ3n) is 3.60. The van der Waals surface area contributed by atoms with Crippen LogP contribution in [0.3, 0.4) is 0 Å². The van der Waals surface area contributed by atoms with Crippen LogP contribution < -0.4 is 0 Å². The van der Waals surface area contributed by atoms with Crippen LogP contribution in [-0.4, -0.2) is 17.4 Å². The van der Waals surface area contributed by atoms with E-state index >= 15 is 0 Å². The van der Waals surface area contributed by atoms with Crippen LogP contribution in [0.5, 0.6) is 0 Å². The van der Waals surface area contributed by atoms with E-state index in [1.54, 1.807) is 6.92 Å². The standard InChI is InChI=1S/C14H18N2O2S/c1-9-8-10(2)12(4)14(11(9)3)19(17,18)16-7-6-15-13(16)5/h6-8H,1-5H3. The topological polar surface area (TPSA) is 52.0 Å². The summed E-state index contributed by atoms with van der Waals surface area (Å²) in [7, 11) is -3.58. The lowest BCUT2D eigenvalue weighted by Gasteiger charge is -2.16. The Hall–Kier alpha value is -1.62. The van der Waals surface area contributed by atoms with Crippen molar-refractivity contribution in [3.8, 4) is 0 Å². The van der Waals surface area contributed by atoms with E-state index in [4.69, 9.17) is 0 Å². The molecule has 4 nitrogen and oxygen atoms in total. The molecule has 1 aromatic carbocycles. The summed E-state index contributed by atoms with van der Waals surface area (Å²) in [4.78, 5) is 4.39. The van der Waals surface area contributed by atoms with Crippen molar-refractivity contribution < 1.29 is 8.42 Å². The highest BCUT2D eigenvalue weighted by Gasteiger charge is 2.24. The van der Waals surface area contributed by atoms with E-state index in [0.717, 1.165) is 22.3 Å². The quantitative estimate of drug-likeness (QED) is 0.848. The third-order valence-corrected chi connectivity index (χ3v) is 5.63. The van der Waals surface area contributed by atoms with E-state index in [2.05, 4.69) is 4.98 Å². The van der Waals surface area contributed by atoms with Gasteiger partial charge in [-0.3, -0.25) is 0 Å². The fourth-order valence-corrected chi connectivity index (χ4v) is 4.19. The van der Waals surface area contributed by atoms with E-state index in [9.17, 15) is 8.42 Å². The van der Waals surface area contributed by atoms with Crippen molar-refractivity contribution in [1.82, 2.24) is 8.96 Å². The van der Waals surface area contributed by atoms with Gasteiger partial charge in [-0.2, -0.15) is 0 Å². The van der Waals surface area contributed by atoms with Crippen molar-refractivity contribution in [2.24, 2.45) is 0 Å². The number of imidazole rings is 1. The first-order valence-electron chi connectivity index (χ1n) is 6.09. The molecule has 0 unspecified atom stereocenters. The Kier molecular flexibility index (Phi) is 3.26. The Bertz CT molecular complexity index is 717. The van der Waals surface area contributed by atoms with E-state index in [1.165, 1.54) is 16.4 Å². The number of rotatable bonds is 2. The molecule has 0 radical (unpaired) electrons. The van der Waals surface area contributed by atoms with Gasteiger partial charge in [0.25, 0.3) is 10.0 Å². The molecule has 2 aromatic rings. The second-order valence-electron chi connectivity index (χ2n) is 4.86. The molecule has 2 rings (SSSR count). The third kappa shape index (κ3) is 2.08. The zero-order chi connectivity index (χ0) is 14.4. The molecule has 1 heterocycles. The fraction of sp³-hybridized carbons (Fsp3) is 0.357. The largest absolute Gasteiger partial charge is 0.269 e. The number of aromatic nitrogens is 2. The summed E-state index contributed by atoms with van der Waals surface area (Å²) in [6.07, 6.45) is 2.99. The molecule has 0 N–H and O–H groups in total. The van der Waals surface area contributed by atoms with Gasteiger partial charge in [-0.1, -0.05) is 6.07 Å². The maximum atomic E-state index is 12.8. The summed E-state index contributed by atoms with van der Waals surface area (Å²) in [5, 5.41) is 0. The molecule has 0 bridgehead atoms. The second-order valence-corrected chi connectivity index (χ2v) is 6.62. The van der Waals surface area contributed by atoms with Crippen LogP contribution >= 0.6 is 0 Å². The molecular formula is C14H18N2O2S. The van der Waals surface area contributed by atoms with Crippen LogP contribution in [0.15, 0.2) is 23.4 Å². The van der Waals surface area contributed by atoms with Gasteiger partial charge in [-0.15, -0.1) is 0 Å². The number of benzene rings is 1. The molecule has 0 saturated heterocycles. The Morgan fingerprint density at radius 3 is 1.95 bits per heavy atom. The van der Waals surface area contributed by atoms with Crippen molar-refractivity contribution >= 4 is 10.0 Å².